The monoisotopic (exact) mass is 477 g/mol. The van der Waals surface area contributed by atoms with Gasteiger partial charge in [0.25, 0.3) is 0 Å². The number of phenols is 1. The van der Waals surface area contributed by atoms with Crippen molar-refractivity contribution in [1.29, 1.82) is 0 Å². The number of halogens is 1. The van der Waals surface area contributed by atoms with Crippen LogP contribution >= 0.6 is 12.4 Å². The molecule has 1 heterocycles. The fourth-order valence-corrected chi connectivity index (χ4v) is 3.97. The number of methoxy groups -OCH3 is 1. The van der Waals surface area contributed by atoms with Gasteiger partial charge >= 0.3 is 0 Å². The molecule has 6 heteroatoms. The van der Waals surface area contributed by atoms with Gasteiger partial charge in [0, 0.05) is 35.9 Å². The second-order valence-corrected chi connectivity index (χ2v) is 8.12. The number of phenolic OH excluding ortho intramolecular Hbond substituents is 1. The number of aromatic hydroxyl groups is 1. The average Bonchev–Trinajstić information content (AvgIpc) is 2.86. The molecule has 0 aliphatic carbocycles. The van der Waals surface area contributed by atoms with E-state index in [4.69, 9.17) is 4.74 Å². The van der Waals surface area contributed by atoms with Crippen LogP contribution in [0.2, 0.25) is 0 Å². The van der Waals surface area contributed by atoms with Crippen molar-refractivity contribution in [3.8, 4) is 11.5 Å². The molecule has 0 unspecified atom stereocenters. The first-order chi connectivity index (χ1) is 16.2. The van der Waals surface area contributed by atoms with Gasteiger partial charge in [-0.15, -0.1) is 12.4 Å². The highest BCUT2D eigenvalue weighted by Crippen LogP contribution is 2.29. The zero-order chi connectivity index (χ0) is 22.9. The van der Waals surface area contributed by atoms with Crippen LogP contribution in [0.4, 0.5) is 5.69 Å². The number of aryl methyl sites for hydroxylation is 2. The minimum atomic E-state index is 0. The molecule has 3 N–H and O–H groups in total. The normalized spacial score (nSPS) is 10.6. The molecule has 178 valence electrons. The van der Waals surface area contributed by atoms with Gasteiger partial charge in [0.05, 0.1) is 12.6 Å². The molecule has 0 fully saturated rings. The molecule has 0 bridgehead atoms. The molecule has 0 amide bonds. The zero-order valence-electron chi connectivity index (χ0n) is 19.5. The fourth-order valence-electron chi connectivity index (χ4n) is 3.97. The van der Waals surface area contributed by atoms with Gasteiger partial charge in [0.15, 0.2) is 11.5 Å². The summed E-state index contributed by atoms with van der Waals surface area (Å²) >= 11 is 0. The number of anilines is 1. The first-order valence-corrected chi connectivity index (χ1v) is 11.5. The molecule has 0 saturated carbocycles. The van der Waals surface area contributed by atoms with E-state index in [9.17, 15) is 5.11 Å². The second kappa shape index (κ2) is 12.8. The molecular weight excluding hydrogens is 446 g/mol. The molecule has 3 aromatic carbocycles. The maximum Gasteiger partial charge on any atom is 0.162 e. The van der Waals surface area contributed by atoms with Gasteiger partial charge in [0.1, 0.15) is 0 Å². The lowest BCUT2D eigenvalue weighted by atomic mass is 10.0. The van der Waals surface area contributed by atoms with Crippen LogP contribution in [0.25, 0.3) is 10.9 Å². The first-order valence-electron chi connectivity index (χ1n) is 11.5. The molecule has 4 aromatic rings. The molecule has 0 radical (unpaired) electrons. The predicted octanol–water partition coefficient (Wildman–Crippen LogP) is 5.75. The smallest absolute Gasteiger partial charge is 0.162 e. The topological polar surface area (TPSA) is 66.4 Å². The van der Waals surface area contributed by atoms with Crippen LogP contribution in [-0.2, 0) is 19.4 Å². The van der Waals surface area contributed by atoms with E-state index in [2.05, 4.69) is 64.1 Å². The Morgan fingerprint density at radius 1 is 0.882 bits per heavy atom. The average molecular weight is 478 g/mol. The van der Waals surface area contributed by atoms with Gasteiger partial charge in [0.2, 0.25) is 0 Å². The standard InChI is InChI=1S/C28H31N3O2.ClH/c1-33-27-10-5-9-23(28(27)32)20-29-16-6-17-30-25-15-18-31-26-19-22(13-14-24(25)26)12-11-21-7-3-2-4-8-21;/h2-5,7-10,13-15,18-19,29,32H,6,11-12,16-17,20H2,1H3,(H,30,31);1H. The van der Waals surface area contributed by atoms with Crippen LogP contribution in [0.15, 0.2) is 79.0 Å². The summed E-state index contributed by atoms with van der Waals surface area (Å²) in [5, 5.41) is 18.2. The van der Waals surface area contributed by atoms with Gasteiger partial charge in [-0.3, -0.25) is 4.98 Å². The second-order valence-electron chi connectivity index (χ2n) is 8.12. The van der Waals surface area contributed by atoms with E-state index in [1.54, 1.807) is 13.2 Å². The third kappa shape index (κ3) is 6.62. The molecule has 0 aliphatic heterocycles. The summed E-state index contributed by atoms with van der Waals surface area (Å²) in [5.41, 5.74) is 5.64. The van der Waals surface area contributed by atoms with Crippen LogP contribution in [0.5, 0.6) is 11.5 Å². The highest BCUT2D eigenvalue weighted by atomic mass is 35.5. The first kappa shape index (κ1) is 25.3. The predicted molar refractivity (Wildman–Crippen MR) is 142 cm³/mol. The summed E-state index contributed by atoms with van der Waals surface area (Å²) in [4.78, 5) is 4.58. The molecule has 1 aromatic heterocycles. The summed E-state index contributed by atoms with van der Waals surface area (Å²) in [5.74, 6) is 0.709. The quantitative estimate of drug-likeness (QED) is 0.240. The number of nitrogens with zero attached hydrogens (tertiary/aromatic N) is 1. The van der Waals surface area contributed by atoms with Crippen molar-refractivity contribution < 1.29 is 9.84 Å². The SMILES string of the molecule is COc1cccc(CNCCCNc2ccnc3cc(CCc4ccccc4)ccc23)c1O.Cl. The van der Waals surface area contributed by atoms with E-state index in [-0.39, 0.29) is 18.2 Å². The van der Waals surface area contributed by atoms with Gasteiger partial charge in [-0.2, -0.15) is 0 Å². The lowest BCUT2D eigenvalue weighted by molar-refractivity contribution is 0.369. The molecule has 0 spiro atoms. The zero-order valence-corrected chi connectivity index (χ0v) is 20.3. The summed E-state index contributed by atoms with van der Waals surface area (Å²) < 4.78 is 5.16. The third-order valence-corrected chi connectivity index (χ3v) is 5.82. The minimum absolute atomic E-state index is 0. The summed E-state index contributed by atoms with van der Waals surface area (Å²) in [6.07, 6.45) is 4.87. The molecule has 34 heavy (non-hydrogen) atoms. The lowest BCUT2D eigenvalue weighted by Gasteiger charge is -2.12. The Labute approximate surface area is 207 Å². The van der Waals surface area contributed by atoms with Crippen LogP contribution < -0.4 is 15.4 Å². The van der Waals surface area contributed by atoms with E-state index in [0.717, 1.165) is 54.5 Å². The van der Waals surface area contributed by atoms with Crippen molar-refractivity contribution in [2.75, 3.05) is 25.5 Å². The molecular formula is C28H32ClN3O2. The number of para-hydroxylation sites is 1. The van der Waals surface area contributed by atoms with Crippen molar-refractivity contribution in [3.05, 3.63) is 95.7 Å². The number of rotatable bonds is 11. The largest absolute Gasteiger partial charge is 0.504 e. The van der Waals surface area contributed by atoms with Crippen LogP contribution in [0, 0.1) is 0 Å². The van der Waals surface area contributed by atoms with Gasteiger partial charge in [-0.25, -0.2) is 0 Å². The number of benzene rings is 3. The van der Waals surface area contributed by atoms with Gasteiger partial charge in [-0.05, 0) is 55.1 Å². The number of nitrogens with one attached hydrogen (secondary N) is 2. The Balaban J connectivity index is 0.00000324. The molecule has 4 rings (SSSR count). The highest BCUT2D eigenvalue weighted by Gasteiger charge is 2.07. The van der Waals surface area contributed by atoms with Gasteiger partial charge in [-0.1, -0.05) is 54.6 Å². The summed E-state index contributed by atoms with van der Waals surface area (Å²) in [6.45, 7) is 2.30. The number of fused-ring (bicyclic) bond motifs is 1. The maximum atomic E-state index is 10.2. The highest BCUT2D eigenvalue weighted by molar-refractivity contribution is 5.91. The Morgan fingerprint density at radius 2 is 1.71 bits per heavy atom. The van der Waals surface area contributed by atoms with E-state index in [0.29, 0.717) is 12.3 Å². The van der Waals surface area contributed by atoms with E-state index >= 15 is 0 Å². The van der Waals surface area contributed by atoms with Crippen LogP contribution in [-0.4, -0.2) is 30.3 Å². The van der Waals surface area contributed by atoms with Crippen molar-refractivity contribution in [2.45, 2.75) is 25.8 Å². The van der Waals surface area contributed by atoms with Gasteiger partial charge < -0.3 is 20.5 Å². The number of hydrogen-bond acceptors (Lipinski definition) is 5. The Bertz CT molecular complexity index is 1180. The summed E-state index contributed by atoms with van der Waals surface area (Å²) in [6, 6.07) is 24.8. The van der Waals surface area contributed by atoms with E-state index in [1.807, 2.05) is 24.4 Å². The van der Waals surface area contributed by atoms with E-state index < -0.39 is 0 Å². The van der Waals surface area contributed by atoms with Crippen molar-refractivity contribution >= 4 is 29.0 Å². The number of aromatic nitrogens is 1. The van der Waals surface area contributed by atoms with Crippen LogP contribution in [0.3, 0.4) is 0 Å². The Hall–Kier alpha value is -3.28. The fraction of sp³-hybridized carbons (Fsp3) is 0.250. The van der Waals surface area contributed by atoms with Crippen molar-refractivity contribution in [2.24, 2.45) is 0 Å². The molecule has 0 atom stereocenters. The van der Waals surface area contributed by atoms with E-state index in [1.165, 1.54) is 11.1 Å². The third-order valence-electron chi connectivity index (χ3n) is 5.82. The molecule has 0 saturated heterocycles. The number of hydrogen-bond donors (Lipinski definition) is 3. The Morgan fingerprint density at radius 3 is 2.53 bits per heavy atom. The Kier molecular flexibility index (Phi) is 9.56. The van der Waals surface area contributed by atoms with Crippen LogP contribution in [0.1, 0.15) is 23.1 Å². The van der Waals surface area contributed by atoms with Crippen molar-refractivity contribution in [3.63, 3.8) is 0 Å². The summed E-state index contributed by atoms with van der Waals surface area (Å²) in [7, 11) is 1.56. The molecule has 0 aliphatic rings. The lowest BCUT2D eigenvalue weighted by Crippen LogP contribution is -2.17. The maximum absolute atomic E-state index is 10.2. The number of pyridine rings is 1. The van der Waals surface area contributed by atoms with Crippen molar-refractivity contribution in [1.82, 2.24) is 10.3 Å². The molecule has 5 nitrogen and oxygen atoms in total. The number of ether oxygens (including phenoxy) is 1. The minimum Gasteiger partial charge on any atom is -0.504 e.